The predicted molar refractivity (Wildman–Crippen MR) is 130 cm³/mol. The third-order valence-corrected chi connectivity index (χ3v) is 7.11. The van der Waals surface area contributed by atoms with E-state index in [9.17, 15) is 4.79 Å². The van der Waals surface area contributed by atoms with Gasteiger partial charge in [0.25, 0.3) is 5.91 Å². The molecule has 4 aromatic rings. The highest BCUT2D eigenvalue weighted by molar-refractivity contribution is 7.22. The Labute approximate surface area is 190 Å². The van der Waals surface area contributed by atoms with Gasteiger partial charge in [0.1, 0.15) is 5.52 Å². The molecule has 1 amide bonds. The Kier molecular flexibility index (Phi) is 5.76. The maximum absolute atomic E-state index is 12.5. The molecule has 0 atom stereocenters. The monoisotopic (exact) mass is 450 g/mol. The second kappa shape index (κ2) is 8.83. The largest absolute Gasteiger partial charge is 0.351 e. The van der Waals surface area contributed by atoms with Crippen LogP contribution in [0.15, 0.2) is 60.7 Å². The molecular formula is C24H23ClN4OS. The number of para-hydroxylation sites is 1. The maximum Gasteiger partial charge on any atom is 0.251 e. The van der Waals surface area contributed by atoms with E-state index in [-0.39, 0.29) is 5.91 Å². The van der Waals surface area contributed by atoms with Crippen LogP contribution in [0.5, 0.6) is 0 Å². The summed E-state index contributed by atoms with van der Waals surface area (Å²) in [7, 11) is 0. The first-order valence-corrected chi connectivity index (χ1v) is 11.7. The van der Waals surface area contributed by atoms with Gasteiger partial charge < -0.3 is 10.2 Å². The third kappa shape index (κ3) is 4.37. The summed E-state index contributed by atoms with van der Waals surface area (Å²) in [5.41, 5.74) is 1.60. The van der Waals surface area contributed by atoms with Crippen LogP contribution in [0.2, 0.25) is 5.02 Å². The number of piperazine rings is 1. The highest BCUT2D eigenvalue weighted by Gasteiger charge is 2.20. The lowest BCUT2D eigenvalue weighted by atomic mass is 10.1. The smallest absolute Gasteiger partial charge is 0.251 e. The van der Waals surface area contributed by atoms with Crippen molar-refractivity contribution in [3.05, 3.63) is 71.2 Å². The fourth-order valence-electron chi connectivity index (χ4n) is 3.96. The van der Waals surface area contributed by atoms with Crippen molar-refractivity contribution in [3.8, 4) is 0 Å². The summed E-state index contributed by atoms with van der Waals surface area (Å²) in [6.45, 7) is 5.25. The Hall–Kier alpha value is -2.67. The van der Waals surface area contributed by atoms with E-state index in [2.05, 4.69) is 27.2 Å². The summed E-state index contributed by atoms with van der Waals surface area (Å²) < 4.78 is 1.13. The van der Waals surface area contributed by atoms with Crippen LogP contribution in [0.3, 0.4) is 0 Å². The molecule has 1 fully saturated rings. The van der Waals surface area contributed by atoms with Gasteiger partial charge in [0.2, 0.25) is 0 Å². The first-order valence-electron chi connectivity index (χ1n) is 10.5. The lowest BCUT2D eigenvalue weighted by Gasteiger charge is -2.34. The Balaban J connectivity index is 1.12. The predicted octanol–water partition coefficient (Wildman–Crippen LogP) is 4.65. The van der Waals surface area contributed by atoms with E-state index < -0.39 is 0 Å². The molecule has 0 saturated carbocycles. The fraction of sp³-hybridized carbons (Fsp3) is 0.250. The Morgan fingerprint density at radius 3 is 2.61 bits per heavy atom. The van der Waals surface area contributed by atoms with Gasteiger partial charge in [-0.1, -0.05) is 59.3 Å². The number of hydrogen-bond acceptors (Lipinski definition) is 5. The second-order valence-corrected chi connectivity index (χ2v) is 9.15. The van der Waals surface area contributed by atoms with Crippen molar-refractivity contribution in [1.82, 2.24) is 15.2 Å². The molecule has 0 spiro atoms. The molecule has 1 aromatic heterocycles. The van der Waals surface area contributed by atoms with E-state index in [1.165, 1.54) is 0 Å². The summed E-state index contributed by atoms with van der Waals surface area (Å²) in [5, 5.41) is 7.03. The molecule has 3 aromatic carbocycles. The Bertz CT molecular complexity index is 1230. The van der Waals surface area contributed by atoms with Crippen LogP contribution in [0, 0.1) is 0 Å². The summed E-state index contributed by atoms with van der Waals surface area (Å²) in [5.74, 6) is -0.0178. The van der Waals surface area contributed by atoms with E-state index in [0.29, 0.717) is 17.1 Å². The van der Waals surface area contributed by atoms with Gasteiger partial charge in [0.15, 0.2) is 5.13 Å². The zero-order chi connectivity index (χ0) is 21.2. The molecule has 0 bridgehead atoms. The quantitative estimate of drug-likeness (QED) is 0.480. The average molecular weight is 451 g/mol. The van der Waals surface area contributed by atoms with Crippen LogP contribution >= 0.6 is 22.9 Å². The number of hydrogen-bond donors (Lipinski definition) is 1. The summed E-state index contributed by atoms with van der Waals surface area (Å²) in [4.78, 5) is 22.0. The molecule has 0 radical (unpaired) electrons. The first-order chi connectivity index (χ1) is 15.2. The zero-order valence-corrected chi connectivity index (χ0v) is 18.6. The molecule has 31 heavy (non-hydrogen) atoms. The zero-order valence-electron chi connectivity index (χ0n) is 17.1. The molecule has 7 heteroatoms. The van der Waals surface area contributed by atoms with Crippen LogP contribution in [-0.2, 0) is 0 Å². The minimum atomic E-state index is -0.0178. The van der Waals surface area contributed by atoms with Crippen molar-refractivity contribution in [2.45, 2.75) is 0 Å². The van der Waals surface area contributed by atoms with Gasteiger partial charge in [-0.15, -0.1) is 0 Å². The topological polar surface area (TPSA) is 48.5 Å². The van der Waals surface area contributed by atoms with Crippen molar-refractivity contribution >= 4 is 55.0 Å². The minimum absolute atomic E-state index is 0.0178. The number of benzene rings is 3. The number of anilines is 1. The number of halogens is 1. The first kappa shape index (κ1) is 20.2. The van der Waals surface area contributed by atoms with Crippen LogP contribution < -0.4 is 10.2 Å². The van der Waals surface area contributed by atoms with Gasteiger partial charge in [0.05, 0.1) is 9.72 Å². The lowest BCUT2D eigenvalue weighted by molar-refractivity contribution is 0.0948. The third-order valence-electron chi connectivity index (χ3n) is 5.73. The average Bonchev–Trinajstić information content (AvgIpc) is 3.25. The van der Waals surface area contributed by atoms with Crippen LogP contribution in [-0.4, -0.2) is 55.1 Å². The molecule has 1 aliphatic rings. The maximum atomic E-state index is 12.5. The number of nitrogens with zero attached hydrogens (tertiary/aromatic N) is 3. The number of carbonyl (C=O) groups is 1. The molecule has 5 rings (SSSR count). The molecular weight excluding hydrogens is 428 g/mol. The van der Waals surface area contributed by atoms with Gasteiger partial charge in [-0.05, 0) is 35.0 Å². The van der Waals surface area contributed by atoms with Crippen molar-refractivity contribution < 1.29 is 4.79 Å². The standard InChI is InChI=1S/C24H23ClN4OS/c25-20-6-3-7-21-22(20)27-24(31-21)29-14-12-28(13-15-29)11-10-26-23(30)19-9-8-17-4-1-2-5-18(17)16-19/h1-9,16H,10-15H2,(H,26,30). The lowest BCUT2D eigenvalue weighted by Crippen LogP contribution is -2.48. The summed E-state index contributed by atoms with van der Waals surface area (Å²) in [6.07, 6.45) is 0. The summed E-state index contributed by atoms with van der Waals surface area (Å²) >= 11 is 7.97. The van der Waals surface area contributed by atoms with E-state index >= 15 is 0 Å². The minimum Gasteiger partial charge on any atom is -0.351 e. The molecule has 0 aliphatic carbocycles. The Morgan fingerprint density at radius 2 is 1.81 bits per heavy atom. The van der Waals surface area contributed by atoms with E-state index in [1.807, 2.05) is 48.5 Å². The highest BCUT2D eigenvalue weighted by Crippen LogP contribution is 2.33. The number of carbonyl (C=O) groups excluding carboxylic acids is 1. The second-order valence-electron chi connectivity index (χ2n) is 7.73. The number of nitrogens with one attached hydrogen (secondary N) is 1. The van der Waals surface area contributed by atoms with Crippen LogP contribution in [0.25, 0.3) is 21.0 Å². The molecule has 1 N–H and O–H groups in total. The molecule has 158 valence electrons. The van der Waals surface area contributed by atoms with E-state index in [0.717, 1.165) is 58.8 Å². The summed E-state index contributed by atoms with van der Waals surface area (Å²) in [6, 6.07) is 19.9. The number of thiazole rings is 1. The SMILES string of the molecule is O=C(NCCN1CCN(c2nc3c(Cl)cccc3s2)CC1)c1ccc2ccccc2c1. The van der Waals surface area contributed by atoms with Crippen molar-refractivity contribution in [2.75, 3.05) is 44.2 Å². The number of fused-ring (bicyclic) bond motifs is 2. The number of amides is 1. The van der Waals surface area contributed by atoms with Gasteiger partial charge in [0, 0.05) is 44.8 Å². The molecule has 1 aliphatic heterocycles. The van der Waals surface area contributed by atoms with E-state index in [1.54, 1.807) is 11.3 Å². The number of aromatic nitrogens is 1. The highest BCUT2D eigenvalue weighted by atomic mass is 35.5. The van der Waals surface area contributed by atoms with Crippen LogP contribution in [0.1, 0.15) is 10.4 Å². The number of rotatable bonds is 5. The van der Waals surface area contributed by atoms with Gasteiger partial charge in [-0.2, -0.15) is 0 Å². The van der Waals surface area contributed by atoms with Gasteiger partial charge in [-0.3, -0.25) is 9.69 Å². The Morgan fingerprint density at radius 1 is 1.00 bits per heavy atom. The van der Waals surface area contributed by atoms with Gasteiger partial charge in [-0.25, -0.2) is 4.98 Å². The molecule has 1 saturated heterocycles. The normalized spacial score (nSPS) is 14.9. The van der Waals surface area contributed by atoms with E-state index in [4.69, 9.17) is 16.6 Å². The van der Waals surface area contributed by atoms with Crippen molar-refractivity contribution in [1.29, 1.82) is 0 Å². The molecule has 2 heterocycles. The fourth-order valence-corrected chi connectivity index (χ4v) is 5.28. The van der Waals surface area contributed by atoms with Crippen molar-refractivity contribution in [3.63, 3.8) is 0 Å². The van der Waals surface area contributed by atoms with Gasteiger partial charge >= 0.3 is 0 Å². The molecule has 0 unspecified atom stereocenters. The van der Waals surface area contributed by atoms with Crippen molar-refractivity contribution in [2.24, 2.45) is 0 Å². The molecule has 5 nitrogen and oxygen atoms in total. The van der Waals surface area contributed by atoms with Crippen LogP contribution in [0.4, 0.5) is 5.13 Å².